The van der Waals surface area contributed by atoms with Gasteiger partial charge in [0.1, 0.15) is 0 Å². The van der Waals surface area contributed by atoms with Gasteiger partial charge in [-0.15, -0.1) is 0 Å². The maximum Gasteiger partial charge on any atom is 0.337 e. The number of ether oxygens (including phenoxy) is 2. The number of halogens is 2. The lowest BCUT2D eigenvalue weighted by atomic mass is 9.96. The summed E-state index contributed by atoms with van der Waals surface area (Å²) in [5.41, 5.74) is 1.45. The van der Waals surface area contributed by atoms with Gasteiger partial charge >= 0.3 is 11.9 Å². The lowest BCUT2D eigenvalue weighted by molar-refractivity contribution is -0.121. The number of likely N-dealkylation sites (tertiary alicyclic amines) is 1. The number of methoxy groups -OCH3 is 2. The number of hydrogen-bond donors (Lipinski definition) is 1. The second kappa shape index (κ2) is 10.8. The zero-order chi connectivity index (χ0) is 23.3. The number of carbonyl (C=O) groups is 3. The molecule has 0 saturated carbocycles. The van der Waals surface area contributed by atoms with E-state index in [-0.39, 0.29) is 23.0 Å². The van der Waals surface area contributed by atoms with Crippen LogP contribution in [0.3, 0.4) is 0 Å². The van der Waals surface area contributed by atoms with Gasteiger partial charge in [0.2, 0.25) is 5.91 Å². The highest BCUT2D eigenvalue weighted by Crippen LogP contribution is 2.28. The van der Waals surface area contributed by atoms with Gasteiger partial charge in [0.15, 0.2) is 0 Å². The van der Waals surface area contributed by atoms with Gasteiger partial charge in [0.25, 0.3) is 0 Å². The molecule has 0 spiro atoms. The van der Waals surface area contributed by atoms with Crippen molar-refractivity contribution in [2.24, 2.45) is 5.92 Å². The number of benzene rings is 2. The zero-order valence-electron chi connectivity index (χ0n) is 17.8. The highest BCUT2D eigenvalue weighted by molar-refractivity contribution is 6.35. The Morgan fingerprint density at radius 1 is 1.03 bits per heavy atom. The predicted octanol–water partition coefficient (Wildman–Crippen LogP) is 4.42. The molecule has 2 aromatic carbocycles. The average Bonchev–Trinajstić information content (AvgIpc) is 2.80. The summed E-state index contributed by atoms with van der Waals surface area (Å²) in [6.07, 6.45) is 1.56. The smallest absolute Gasteiger partial charge is 0.337 e. The quantitative estimate of drug-likeness (QED) is 0.618. The summed E-state index contributed by atoms with van der Waals surface area (Å²) >= 11 is 12.6. The summed E-state index contributed by atoms with van der Waals surface area (Å²) < 4.78 is 9.48. The number of nitrogens with zero attached hydrogens (tertiary/aromatic N) is 1. The van der Waals surface area contributed by atoms with Crippen molar-refractivity contribution in [2.75, 3.05) is 32.6 Å². The Morgan fingerprint density at radius 3 is 2.19 bits per heavy atom. The summed E-state index contributed by atoms with van der Waals surface area (Å²) in [6.45, 7) is 1.91. The molecule has 0 aromatic heterocycles. The first-order valence-electron chi connectivity index (χ1n) is 10.1. The molecule has 170 valence electrons. The molecule has 0 aliphatic carbocycles. The predicted molar refractivity (Wildman–Crippen MR) is 122 cm³/mol. The number of amides is 1. The van der Waals surface area contributed by atoms with Crippen molar-refractivity contribution in [3.63, 3.8) is 0 Å². The van der Waals surface area contributed by atoms with Crippen LogP contribution in [0.1, 0.15) is 39.1 Å². The van der Waals surface area contributed by atoms with Gasteiger partial charge in [-0.1, -0.05) is 29.3 Å². The SMILES string of the molecule is COC(=O)c1cc(NC(=O)C2CCCN(Cc3c(Cl)cccc3Cl)C2)cc(C(=O)OC)c1. The molecule has 1 atom stereocenters. The van der Waals surface area contributed by atoms with Crippen molar-refractivity contribution >= 4 is 46.7 Å². The third-order valence-corrected chi connectivity index (χ3v) is 6.07. The van der Waals surface area contributed by atoms with Crippen LogP contribution in [0.5, 0.6) is 0 Å². The Hall–Kier alpha value is -2.61. The van der Waals surface area contributed by atoms with E-state index in [4.69, 9.17) is 32.7 Å². The van der Waals surface area contributed by atoms with Gasteiger partial charge in [-0.2, -0.15) is 0 Å². The third-order valence-electron chi connectivity index (χ3n) is 5.36. The minimum absolute atomic E-state index is 0.143. The van der Waals surface area contributed by atoms with E-state index in [2.05, 4.69) is 10.2 Å². The van der Waals surface area contributed by atoms with Gasteiger partial charge in [-0.05, 0) is 49.7 Å². The number of hydrogen-bond acceptors (Lipinski definition) is 6. The van der Waals surface area contributed by atoms with Gasteiger partial charge in [0, 0.05) is 34.4 Å². The number of piperidine rings is 1. The van der Waals surface area contributed by atoms with Crippen molar-refractivity contribution in [1.82, 2.24) is 4.90 Å². The minimum atomic E-state index is -0.619. The molecule has 0 radical (unpaired) electrons. The second-order valence-electron chi connectivity index (χ2n) is 7.55. The Kier molecular flexibility index (Phi) is 8.12. The van der Waals surface area contributed by atoms with Crippen LogP contribution in [0.25, 0.3) is 0 Å². The van der Waals surface area contributed by atoms with Crippen LogP contribution in [-0.2, 0) is 20.8 Å². The molecule has 1 fully saturated rings. The lowest BCUT2D eigenvalue weighted by Gasteiger charge is -2.32. The van der Waals surface area contributed by atoms with Crippen LogP contribution in [0, 0.1) is 5.92 Å². The molecule has 1 aliphatic rings. The van der Waals surface area contributed by atoms with E-state index in [1.807, 2.05) is 0 Å². The number of carbonyl (C=O) groups excluding carboxylic acids is 3. The standard InChI is InChI=1S/C23H24Cl2N2O5/c1-31-22(29)15-9-16(23(30)32-2)11-17(10-15)26-21(28)14-5-4-8-27(12-14)13-18-19(24)6-3-7-20(18)25/h3,6-7,9-11,14H,4-5,8,12-13H2,1-2H3,(H,26,28). The van der Waals surface area contributed by atoms with Crippen molar-refractivity contribution in [3.8, 4) is 0 Å². The normalized spacial score (nSPS) is 16.3. The fourth-order valence-corrected chi connectivity index (χ4v) is 4.25. The van der Waals surface area contributed by atoms with Gasteiger partial charge < -0.3 is 14.8 Å². The van der Waals surface area contributed by atoms with Gasteiger partial charge in [-0.25, -0.2) is 9.59 Å². The highest BCUT2D eigenvalue weighted by atomic mass is 35.5. The number of rotatable bonds is 6. The topological polar surface area (TPSA) is 84.9 Å². The van der Waals surface area contributed by atoms with Crippen LogP contribution in [0.4, 0.5) is 5.69 Å². The van der Waals surface area contributed by atoms with Crippen molar-refractivity contribution in [1.29, 1.82) is 0 Å². The first-order chi connectivity index (χ1) is 15.3. The van der Waals surface area contributed by atoms with E-state index in [0.29, 0.717) is 28.8 Å². The summed E-state index contributed by atoms with van der Waals surface area (Å²) in [5, 5.41) is 4.02. The van der Waals surface area contributed by atoms with Crippen LogP contribution in [-0.4, -0.2) is 50.1 Å². The molecule has 1 N–H and O–H groups in total. The molecule has 1 amide bonds. The molecular weight excluding hydrogens is 455 g/mol. The van der Waals surface area contributed by atoms with E-state index >= 15 is 0 Å². The van der Waals surface area contributed by atoms with E-state index in [9.17, 15) is 14.4 Å². The van der Waals surface area contributed by atoms with E-state index < -0.39 is 11.9 Å². The van der Waals surface area contributed by atoms with Gasteiger partial charge in [-0.3, -0.25) is 9.69 Å². The molecule has 1 saturated heterocycles. The summed E-state index contributed by atoms with van der Waals surface area (Å²) in [4.78, 5) is 39.1. The minimum Gasteiger partial charge on any atom is -0.465 e. The van der Waals surface area contributed by atoms with Crippen LogP contribution >= 0.6 is 23.2 Å². The molecule has 0 bridgehead atoms. The maximum atomic E-state index is 13.0. The first kappa shape index (κ1) is 24.0. The van der Waals surface area contributed by atoms with E-state index in [1.165, 1.54) is 32.4 Å². The Morgan fingerprint density at radius 2 is 1.62 bits per heavy atom. The van der Waals surface area contributed by atoms with Crippen LogP contribution in [0.15, 0.2) is 36.4 Å². The zero-order valence-corrected chi connectivity index (χ0v) is 19.3. The fourth-order valence-electron chi connectivity index (χ4n) is 3.74. The molecular formula is C23H24Cl2N2O5. The summed E-state index contributed by atoms with van der Waals surface area (Å²) in [5.74, 6) is -1.70. The van der Waals surface area contributed by atoms with Gasteiger partial charge in [0.05, 0.1) is 31.3 Å². The Labute approximate surface area is 196 Å². The highest BCUT2D eigenvalue weighted by Gasteiger charge is 2.27. The Bertz CT molecular complexity index is 973. The van der Waals surface area contributed by atoms with E-state index in [1.54, 1.807) is 18.2 Å². The molecule has 7 nitrogen and oxygen atoms in total. The van der Waals surface area contributed by atoms with Crippen LogP contribution in [0.2, 0.25) is 10.0 Å². The molecule has 1 aliphatic heterocycles. The Balaban J connectivity index is 1.73. The monoisotopic (exact) mass is 478 g/mol. The number of nitrogens with one attached hydrogen (secondary N) is 1. The molecule has 2 aromatic rings. The maximum absolute atomic E-state index is 13.0. The van der Waals surface area contributed by atoms with E-state index in [0.717, 1.165) is 24.9 Å². The van der Waals surface area contributed by atoms with Crippen molar-refractivity contribution in [2.45, 2.75) is 19.4 Å². The largest absolute Gasteiger partial charge is 0.465 e. The summed E-state index contributed by atoms with van der Waals surface area (Å²) in [6, 6.07) is 9.70. The number of esters is 2. The van der Waals surface area contributed by atoms with Crippen molar-refractivity contribution < 1.29 is 23.9 Å². The molecule has 32 heavy (non-hydrogen) atoms. The molecule has 9 heteroatoms. The third kappa shape index (κ3) is 5.79. The lowest BCUT2D eigenvalue weighted by Crippen LogP contribution is -2.40. The van der Waals surface area contributed by atoms with Crippen molar-refractivity contribution in [3.05, 3.63) is 63.1 Å². The molecule has 1 heterocycles. The first-order valence-corrected chi connectivity index (χ1v) is 10.9. The summed E-state index contributed by atoms with van der Waals surface area (Å²) in [7, 11) is 2.49. The average molecular weight is 479 g/mol. The number of anilines is 1. The molecule has 3 rings (SSSR count). The second-order valence-corrected chi connectivity index (χ2v) is 8.36. The fraction of sp³-hybridized carbons (Fsp3) is 0.348. The van der Waals surface area contributed by atoms with Crippen LogP contribution < -0.4 is 5.32 Å². The molecule has 1 unspecified atom stereocenters.